The molecule has 3 rings (SSSR count). The first-order valence-corrected chi connectivity index (χ1v) is 9.18. The molecule has 1 saturated heterocycles. The molecule has 146 valence electrons. The van der Waals surface area contributed by atoms with Crippen molar-refractivity contribution in [1.82, 2.24) is 14.7 Å². The van der Waals surface area contributed by atoms with Crippen LogP contribution in [0.4, 0.5) is 5.69 Å². The Bertz CT molecular complexity index is 715. The van der Waals surface area contributed by atoms with Crippen molar-refractivity contribution < 1.29 is 19.1 Å². The fraction of sp³-hybridized carbons (Fsp3) is 0.526. The molecule has 3 amide bonds. The predicted molar refractivity (Wildman–Crippen MR) is 101 cm³/mol. The first-order valence-electron chi connectivity index (χ1n) is 9.18. The number of likely N-dealkylation sites (N-methyl/N-ethyl adjacent to an activating group) is 2. The molecule has 1 aromatic carbocycles. The average molecular weight is 374 g/mol. The molecule has 27 heavy (non-hydrogen) atoms. The number of carbonyl (C=O) groups is 3. The van der Waals surface area contributed by atoms with Gasteiger partial charge < -0.3 is 19.4 Å². The van der Waals surface area contributed by atoms with Crippen molar-refractivity contribution in [1.29, 1.82) is 0 Å². The molecule has 0 bridgehead atoms. The van der Waals surface area contributed by atoms with Crippen molar-refractivity contribution in [2.75, 3.05) is 64.9 Å². The molecular formula is C19H26N4O4. The van der Waals surface area contributed by atoms with Gasteiger partial charge in [0.2, 0.25) is 17.7 Å². The third-order valence-corrected chi connectivity index (χ3v) is 4.98. The molecule has 0 atom stereocenters. The number of carbonyl (C=O) groups excluding carboxylic acids is 3. The van der Waals surface area contributed by atoms with Gasteiger partial charge in [0.1, 0.15) is 12.3 Å². The Morgan fingerprint density at radius 3 is 2.59 bits per heavy atom. The van der Waals surface area contributed by atoms with Gasteiger partial charge in [0.15, 0.2) is 0 Å². The lowest BCUT2D eigenvalue weighted by atomic mass is 10.2. The highest BCUT2D eigenvalue weighted by atomic mass is 16.5. The van der Waals surface area contributed by atoms with Crippen molar-refractivity contribution in [3.8, 4) is 5.75 Å². The maximum atomic E-state index is 12.7. The number of hydrogen-bond donors (Lipinski definition) is 0. The van der Waals surface area contributed by atoms with Crippen molar-refractivity contribution in [3.63, 3.8) is 0 Å². The highest BCUT2D eigenvalue weighted by Crippen LogP contribution is 2.30. The second kappa shape index (κ2) is 8.39. The van der Waals surface area contributed by atoms with Crippen molar-refractivity contribution in [3.05, 3.63) is 24.3 Å². The lowest BCUT2D eigenvalue weighted by molar-refractivity contribution is -0.139. The van der Waals surface area contributed by atoms with Gasteiger partial charge >= 0.3 is 0 Å². The van der Waals surface area contributed by atoms with E-state index in [-0.39, 0.29) is 43.8 Å². The van der Waals surface area contributed by atoms with Crippen molar-refractivity contribution in [2.24, 2.45) is 0 Å². The molecule has 2 aliphatic rings. The number of piperazine rings is 1. The molecule has 2 heterocycles. The molecule has 0 spiro atoms. The second-order valence-electron chi connectivity index (χ2n) is 6.98. The van der Waals surface area contributed by atoms with E-state index in [1.165, 1.54) is 9.80 Å². The summed E-state index contributed by atoms with van der Waals surface area (Å²) in [6.45, 7) is 3.22. The topological polar surface area (TPSA) is 73.4 Å². The molecule has 8 heteroatoms. The van der Waals surface area contributed by atoms with Crippen molar-refractivity contribution in [2.45, 2.75) is 6.42 Å². The third-order valence-electron chi connectivity index (χ3n) is 4.98. The zero-order valence-electron chi connectivity index (χ0n) is 15.9. The van der Waals surface area contributed by atoms with Gasteiger partial charge in [0, 0.05) is 33.2 Å². The van der Waals surface area contributed by atoms with Crippen LogP contribution in [0.25, 0.3) is 0 Å². The number of nitrogens with zero attached hydrogens (tertiary/aromatic N) is 4. The molecule has 0 radical (unpaired) electrons. The summed E-state index contributed by atoms with van der Waals surface area (Å²) < 4.78 is 5.59. The molecule has 2 aliphatic heterocycles. The molecular weight excluding hydrogens is 348 g/mol. The zero-order chi connectivity index (χ0) is 19.4. The molecule has 0 aliphatic carbocycles. The van der Waals surface area contributed by atoms with E-state index >= 15 is 0 Å². The summed E-state index contributed by atoms with van der Waals surface area (Å²) in [6.07, 6.45) is 0.214. The number of fused-ring (bicyclic) bond motifs is 1. The minimum absolute atomic E-state index is 0.0166. The number of ether oxygens (including phenoxy) is 1. The average Bonchev–Trinajstić information content (AvgIpc) is 2.81. The Kier molecular flexibility index (Phi) is 5.95. The first-order chi connectivity index (χ1) is 13.0. The maximum absolute atomic E-state index is 12.7. The van der Waals surface area contributed by atoms with Crippen LogP contribution >= 0.6 is 0 Å². The van der Waals surface area contributed by atoms with Crippen LogP contribution in [-0.2, 0) is 14.4 Å². The van der Waals surface area contributed by atoms with E-state index < -0.39 is 0 Å². The summed E-state index contributed by atoms with van der Waals surface area (Å²) in [5.41, 5.74) is 0.590. The van der Waals surface area contributed by atoms with E-state index in [9.17, 15) is 14.4 Å². The van der Waals surface area contributed by atoms with Gasteiger partial charge in [-0.1, -0.05) is 12.1 Å². The normalized spacial score (nSPS) is 17.8. The van der Waals surface area contributed by atoms with E-state index in [1.807, 2.05) is 13.1 Å². The SMILES string of the molecule is CN1CCN(C(=O)CN(C)C(=O)CN2C(=O)CCOc3ccccc32)CC1. The predicted octanol–water partition coefficient (Wildman–Crippen LogP) is 0.0345. The lowest BCUT2D eigenvalue weighted by Crippen LogP contribution is -2.51. The lowest BCUT2D eigenvalue weighted by Gasteiger charge is -2.33. The molecule has 8 nitrogen and oxygen atoms in total. The smallest absolute Gasteiger partial charge is 0.242 e. The Morgan fingerprint density at radius 1 is 1.15 bits per heavy atom. The summed E-state index contributed by atoms with van der Waals surface area (Å²) in [5, 5.41) is 0. The Hall–Kier alpha value is -2.61. The van der Waals surface area contributed by atoms with E-state index in [1.54, 1.807) is 30.1 Å². The molecule has 1 fully saturated rings. The summed E-state index contributed by atoms with van der Waals surface area (Å²) in [5.74, 6) is 0.0896. The van der Waals surface area contributed by atoms with E-state index in [2.05, 4.69) is 4.90 Å². The Labute approximate surface area is 159 Å². The molecule has 0 unspecified atom stereocenters. The van der Waals surface area contributed by atoms with Crippen LogP contribution in [0.3, 0.4) is 0 Å². The monoisotopic (exact) mass is 374 g/mol. The van der Waals surface area contributed by atoms with Crippen molar-refractivity contribution >= 4 is 23.4 Å². The second-order valence-corrected chi connectivity index (χ2v) is 6.98. The highest BCUT2D eigenvalue weighted by Gasteiger charge is 2.27. The van der Waals surface area contributed by atoms with Gasteiger partial charge in [-0.05, 0) is 19.2 Å². The Morgan fingerprint density at radius 2 is 1.85 bits per heavy atom. The summed E-state index contributed by atoms with van der Waals surface area (Å²) in [4.78, 5) is 44.3. The van der Waals surface area contributed by atoms with Crippen LogP contribution in [0, 0.1) is 0 Å². The maximum Gasteiger partial charge on any atom is 0.242 e. The summed E-state index contributed by atoms with van der Waals surface area (Å²) in [6, 6.07) is 7.18. The number of benzene rings is 1. The minimum Gasteiger partial charge on any atom is -0.491 e. The van der Waals surface area contributed by atoms with Gasteiger partial charge in [0.25, 0.3) is 0 Å². The van der Waals surface area contributed by atoms with Crippen LogP contribution < -0.4 is 9.64 Å². The van der Waals surface area contributed by atoms with E-state index in [0.717, 1.165) is 13.1 Å². The number of anilines is 1. The largest absolute Gasteiger partial charge is 0.491 e. The van der Waals surface area contributed by atoms with Crippen LogP contribution in [0.2, 0.25) is 0 Å². The number of hydrogen-bond acceptors (Lipinski definition) is 5. The fourth-order valence-corrected chi connectivity index (χ4v) is 3.20. The molecule has 0 N–H and O–H groups in total. The quantitative estimate of drug-likeness (QED) is 0.744. The first kappa shape index (κ1) is 19.2. The zero-order valence-corrected chi connectivity index (χ0v) is 15.9. The third kappa shape index (κ3) is 4.57. The number of para-hydroxylation sites is 2. The number of amides is 3. The van der Waals surface area contributed by atoms with Gasteiger partial charge in [-0.3, -0.25) is 19.3 Å². The molecule has 1 aromatic rings. The number of rotatable bonds is 4. The molecule has 0 saturated carbocycles. The summed E-state index contributed by atoms with van der Waals surface area (Å²) in [7, 11) is 3.62. The van der Waals surface area contributed by atoms with Gasteiger partial charge in [0.05, 0.1) is 25.3 Å². The van der Waals surface area contributed by atoms with E-state index in [4.69, 9.17) is 4.74 Å². The summed E-state index contributed by atoms with van der Waals surface area (Å²) >= 11 is 0. The van der Waals surface area contributed by atoms with Crippen LogP contribution in [0.1, 0.15) is 6.42 Å². The Balaban J connectivity index is 1.62. The standard InChI is InChI=1S/C19H26N4O4/c1-20-8-10-22(11-9-20)19(26)13-21(2)18(25)14-23-15-5-3-4-6-16(15)27-12-7-17(23)24/h3-6H,7-14H2,1-2H3. The minimum atomic E-state index is -0.275. The van der Waals surface area contributed by atoms with Crippen LogP contribution in [0.15, 0.2) is 24.3 Å². The van der Waals surface area contributed by atoms with Gasteiger partial charge in [-0.15, -0.1) is 0 Å². The van der Waals surface area contributed by atoms with Crippen LogP contribution in [0.5, 0.6) is 5.75 Å². The van der Waals surface area contributed by atoms with Gasteiger partial charge in [-0.25, -0.2) is 0 Å². The molecule has 0 aromatic heterocycles. The van der Waals surface area contributed by atoms with Crippen LogP contribution in [-0.4, -0.2) is 92.4 Å². The fourth-order valence-electron chi connectivity index (χ4n) is 3.20. The highest BCUT2D eigenvalue weighted by molar-refractivity contribution is 6.00. The van der Waals surface area contributed by atoms with Gasteiger partial charge in [-0.2, -0.15) is 0 Å². The van der Waals surface area contributed by atoms with E-state index in [0.29, 0.717) is 24.5 Å².